The van der Waals surface area contributed by atoms with Crippen molar-refractivity contribution in [1.29, 1.82) is 0 Å². The van der Waals surface area contributed by atoms with Gasteiger partial charge in [0.25, 0.3) is 5.69 Å². The van der Waals surface area contributed by atoms with Crippen molar-refractivity contribution in [2.75, 3.05) is 0 Å². The zero-order valence-electron chi connectivity index (χ0n) is 6.98. The van der Waals surface area contributed by atoms with Crippen molar-refractivity contribution < 1.29 is 9.34 Å². The van der Waals surface area contributed by atoms with Crippen LogP contribution in [0, 0.1) is 17.0 Å². The Morgan fingerprint density at radius 2 is 2.23 bits per heavy atom. The lowest BCUT2D eigenvalue weighted by atomic mass is 10.1. The third-order valence-corrected chi connectivity index (χ3v) is 2.04. The average molecular weight is 177 g/mol. The SMILES string of the molecule is Cc1cc([N+](=O)[O-])c2coccc1-2. The number of nitrogens with zero attached hydrogens (tertiary/aromatic N) is 1. The van der Waals surface area contributed by atoms with Crippen molar-refractivity contribution in [3.05, 3.63) is 40.3 Å². The van der Waals surface area contributed by atoms with Crippen LogP contribution in [-0.2, 0) is 0 Å². The first-order valence-corrected chi connectivity index (χ1v) is 3.80. The maximum Gasteiger partial charge on any atom is 0.280 e. The van der Waals surface area contributed by atoms with E-state index in [-0.39, 0.29) is 5.69 Å². The summed E-state index contributed by atoms with van der Waals surface area (Å²) in [6, 6.07) is 3.29. The first-order valence-electron chi connectivity index (χ1n) is 3.80. The van der Waals surface area contributed by atoms with Gasteiger partial charge in [-0.25, -0.2) is 0 Å². The van der Waals surface area contributed by atoms with Gasteiger partial charge in [0.15, 0.2) is 0 Å². The summed E-state index contributed by atoms with van der Waals surface area (Å²) in [7, 11) is 0. The number of aryl methyl sites for hydroxylation is 1. The second kappa shape index (κ2) is 2.58. The van der Waals surface area contributed by atoms with Crippen molar-refractivity contribution in [1.82, 2.24) is 0 Å². The Morgan fingerprint density at radius 1 is 1.46 bits per heavy atom. The third-order valence-electron chi connectivity index (χ3n) is 2.04. The Labute approximate surface area is 74.3 Å². The third kappa shape index (κ3) is 1.07. The van der Waals surface area contributed by atoms with Crippen LogP contribution < -0.4 is 0 Å². The minimum absolute atomic E-state index is 0.108. The first-order chi connectivity index (χ1) is 6.20. The van der Waals surface area contributed by atoms with Gasteiger partial charge in [0, 0.05) is 6.07 Å². The summed E-state index contributed by atoms with van der Waals surface area (Å²) in [5, 5.41) is 10.6. The van der Waals surface area contributed by atoms with Crippen molar-refractivity contribution in [3.63, 3.8) is 0 Å². The van der Waals surface area contributed by atoms with Crippen LogP contribution in [0.5, 0.6) is 0 Å². The molecular formula is C9H7NO3. The molecule has 66 valence electrons. The van der Waals surface area contributed by atoms with Crippen molar-refractivity contribution in [2.45, 2.75) is 6.92 Å². The minimum Gasteiger partial charge on any atom is -0.472 e. The molecular weight excluding hydrogens is 170 g/mol. The van der Waals surface area contributed by atoms with Gasteiger partial charge in [-0.1, -0.05) is 0 Å². The summed E-state index contributed by atoms with van der Waals surface area (Å²) in [5.41, 5.74) is 2.44. The van der Waals surface area contributed by atoms with E-state index in [1.54, 1.807) is 12.1 Å². The number of hydrogen-bond donors (Lipinski definition) is 0. The van der Waals surface area contributed by atoms with Gasteiger partial charge in [-0.3, -0.25) is 10.1 Å². The largest absolute Gasteiger partial charge is 0.472 e. The van der Waals surface area contributed by atoms with Gasteiger partial charge in [-0.05, 0) is 24.1 Å². The molecule has 0 aromatic carbocycles. The predicted octanol–water partition coefficient (Wildman–Crippen LogP) is 2.60. The maximum atomic E-state index is 10.6. The zero-order valence-corrected chi connectivity index (χ0v) is 6.98. The quantitative estimate of drug-likeness (QED) is 0.497. The normalized spacial score (nSPS) is 10.5. The van der Waals surface area contributed by atoms with Crippen LogP contribution in [0.3, 0.4) is 0 Å². The molecule has 1 heterocycles. The van der Waals surface area contributed by atoms with E-state index in [4.69, 9.17) is 4.42 Å². The Kier molecular flexibility index (Phi) is 1.55. The van der Waals surface area contributed by atoms with Crippen LogP contribution in [0.25, 0.3) is 11.1 Å². The van der Waals surface area contributed by atoms with Gasteiger partial charge in [-0.2, -0.15) is 0 Å². The van der Waals surface area contributed by atoms with E-state index < -0.39 is 4.92 Å². The molecule has 0 aromatic heterocycles. The molecule has 1 aliphatic heterocycles. The van der Waals surface area contributed by atoms with Gasteiger partial charge in [0.05, 0.1) is 16.7 Å². The fourth-order valence-electron chi connectivity index (χ4n) is 1.42. The molecule has 0 saturated heterocycles. The van der Waals surface area contributed by atoms with E-state index in [1.165, 1.54) is 12.5 Å². The first kappa shape index (κ1) is 7.79. The summed E-state index contributed by atoms with van der Waals surface area (Å²) >= 11 is 0. The molecule has 0 saturated carbocycles. The van der Waals surface area contributed by atoms with Gasteiger partial charge >= 0.3 is 0 Å². The van der Waals surface area contributed by atoms with Gasteiger partial charge < -0.3 is 4.42 Å². The number of rotatable bonds is 1. The Balaban J connectivity index is 2.74. The molecule has 0 amide bonds. The highest BCUT2D eigenvalue weighted by Gasteiger charge is 2.21. The number of hydrogen-bond acceptors (Lipinski definition) is 3. The highest BCUT2D eigenvalue weighted by Crippen LogP contribution is 2.36. The lowest BCUT2D eigenvalue weighted by molar-refractivity contribution is -0.383. The molecule has 13 heavy (non-hydrogen) atoms. The van der Waals surface area contributed by atoms with E-state index in [9.17, 15) is 10.1 Å². The lowest BCUT2D eigenvalue weighted by Crippen LogP contribution is -1.86. The summed E-state index contributed by atoms with van der Waals surface area (Å²) in [5.74, 6) is 0. The van der Waals surface area contributed by atoms with Crippen molar-refractivity contribution in [3.8, 4) is 11.1 Å². The van der Waals surface area contributed by atoms with E-state index in [0.717, 1.165) is 11.1 Å². The van der Waals surface area contributed by atoms with Crippen molar-refractivity contribution in [2.24, 2.45) is 0 Å². The smallest absolute Gasteiger partial charge is 0.280 e. The molecule has 0 fully saturated rings. The molecule has 4 heteroatoms. The summed E-state index contributed by atoms with van der Waals surface area (Å²) < 4.78 is 4.89. The fraction of sp³-hybridized carbons (Fsp3) is 0.111. The molecule has 0 unspecified atom stereocenters. The minimum atomic E-state index is -0.398. The van der Waals surface area contributed by atoms with Crippen LogP contribution in [0.1, 0.15) is 5.56 Å². The molecule has 0 N–H and O–H groups in total. The van der Waals surface area contributed by atoms with E-state index in [1.807, 2.05) is 6.92 Å². The molecule has 4 nitrogen and oxygen atoms in total. The van der Waals surface area contributed by atoms with Crippen LogP contribution in [0.4, 0.5) is 5.69 Å². The lowest BCUT2D eigenvalue weighted by Gasteiger charge is -1.96. The van der Waals surface area contributed by atoms with E-state index in [2.05, 4.69) is 0 Å². The Morgan fingerprint density at radius 3 is 2.92 bits per heavy atom. The molecule has 0 spiro atoms. The summed E-state index contributed by atoms with van der Waals surface area (Å²) in [6.45, 7) is 1.84. The van der Waals surface area contributed by atoms with Crippen molar-refractivity contribution >= 4 is 5.69 Å². The molecule has 0 bridgehead atoms. The van der Waals surface area contributed by atoms with Gasteiger partial charge in [0.1, 0.15) is 6.26 Å². The molecule has 0 aromatic rings. The zero-order chi connectivity index (χ0) is 9.42. The second-order valence-electron chi connectivity index (χ2n) is 2.85. The molecule has 0 atom stereocenters. The van der Waals surface area contributed by atoms with Crippen LogP contribution >= 0.6 is 0 Å². The Hall–Kier alpha value is -1.84. The summed E-state index contributed by atoms with van der Waals surface area (Å²) in [6.07, 6.45) is 2.92. The highest BCUT2D eigenvalue weighted by molar-refractivity contribution is 5.79. The molecule has 2 rings (SSSR count). The predicted molar refractivity (Wildman–Crippen MR) is 46.7 cm³/mol. The van der Waals surface area contributed by atoms with Crippen LogP contribution in [-0.4, -0.2) is 4.92 Å². The van der Waals surface area contributed by atoms with Crippen LogP contribution in [0.2, 0.25) is 0 Å². The maximum absolute atomic E-state index is 10.6. The topological polar surface area (TPSA) is 56.3 Å². The van der Waals surface area contributed by atoms with E-state index in [0.29, 0.717) is 5.56 Å². The number of fused-ring (bicyclic) bond motifs is 1. The monoisotopic (exact) mass is 177 g/mol. The standard InChI is InChI=1S/C9H7NO3/c1-6-4-9(10(11)12)8-5-13-3-2-7(6)8/h2-5H,1H3. The van der Waals surface area contributed by atoms with Crippen LogP contribution in [0.15, 0.2) is 29.1 Å². The molecule has 2 aliphatic rings. The van der Waals surface area contributed by atoms with Gasteiger partial charge in [-0.15, -0.1) is 0 Å². The molecule has 1 aliphatic carbocycles. The average Bonchev–Trinajstić information content (AvgIpc) is 2.45. The molecule has 0 radical (unpaired) electrons. The fourth-order valence-corrected chi connectivity index (χ4v) is 1.42. The van der Waals surface area contributed by atoms with E-state index >= 15 is 0 Å². The number of nitro groups is 1. The summed E-state index contributed by atoms with van der Waals surface area (Å²) in [4.78, 5) is 10.2. The second-order valence-corrected chi connectivity index (χ2v) is 2.85. The van der Waals surface area contributed by atoms with Gasteiger partial charge in [0.2, 0.25) is 0 Å². The Bertz CT molecular complexity index is 433. The highest BCUT2D eigenvalue weighted by atomic mass is 16.6.